The van der Waals surface area contributed by atoms with E-state index in [0.29, 0.717) is 0 Å². The van der Waals surface area contributed by atoms with Gasteiger partial charge in [0, 0.05) is 55.4 Å². The highest BCUT2D eigenvalue weighted by Gasteiger charge is 2.53. The summed E-state index contributed by atoms with van der Waals surface area (Å²) in [5, 5.41) is 16.1. The summed E-state index contributed by atoms with van der Waals surface area (Å²) in [5.41, 5.74) is 25.4. The van der Waals surface area contributed by atoms with Crippen LogP contribution in [0.1, 0.15) is 44.5 Å². The maximum Gasteiger partial charge on any atom is 0.135 e. The molecule has 0 N–H and O–H groups in total. The van der Waals surface area contributed by atoms with Crippen LogP contribution in [0.3, 0.4) is 0 Å². The SMILES string of the molecule is c1ccc([Si]2(c3ccc4oc5ccc(N(c6ccc7c(c6)C6(c8ccccc8-c8ccccc86)c6cc(N(c8ccc9ccccc9c8)c8ccc9oc%10ccc([Si]%11Cc%12ccccc%12C%11)cc%10c9c8)c8ccccc8c6-7)c6ccc7ccccc7c6)cc5c4c3)Cc3ccccc3C2)cc1. The van der Waals surface area contributed by atoms with Crippen LogP contribution in [0.4, 0.5) is 34.1 Å². The summed E-state index contributed by atoms with van der Waals surface area (Å²) in [5.74, 6) is 0. The first-order chi connectivity index (χ1) is 50.0. The van der Waals surface area contributed by atoms with Crippen molar-refractivity contribution in [1.82, 2.24) is 0 Å². The van der Waals surface area contributed by atoms with Crippen LogP contribution >= 0.6 is 0 Å². The molecule has 2 aliphatic heterocycles. The van der Waals surface area contributed by atoms with Crippen LogP contribution in [0.2, 0.25) is 0 Å². The summed E-state index contributed by atoms with van der Waals surface area (Å²) in [7, 11) is -3.15. The van der Waals surface area contributed by atoms with Gasteiger partial charge in [-0.15, -0.1) is 0 Å². The average Bonchev–Trinajstić information content (AvgIpc) is 1.50. The smallest absolute Gasteiger partial charge is 0.135 e. The zero-order valence-electron chi connectivity index (χ0n) is 55.3. The second-order valence-corrected chi connectivity index (χ2v) is 35.0. The molecule has 6 heteroatoms. The zero-order valence-corrected chi connectivity index (χ0v) is 57.3. The molecule has 4 heterocycles. The van der Waals surface area contributed by atoms with Gasteiger partial charge < -0.3 is 18.6 Å². The van der Waals surface area contributed by atoms with E-state index in [2.05, 4.69) is 343 Å². The first kappa shape index (κ1) is 56.9. The maximum atomic E-state index is 6.89. The molecule has 1 radical (unpaired) electrons. The third kappa shape index (κ3) is 8.41. The van der Waals surface area contributed by atoms with E-state index in [1.54, 1.807) is 0 Å². The lowest BCUT2D eigenvalue weighted by Crippen LogP contribution is -2.60. The number of hydrogen-bond acceptors (Lipinski definition) is 4. The summed E-state index contributed by atoms with van der Waals surface area (Å²) >= 11 is 0. The van der Waals surface area contributed by atoms with Crippen molar-refractivity contribution in [2.24, 2.45) is 0 Å². The highest BCUT2D eigenvalue weighted by molar-refractivity contribution is 7.02. The van der Waals surface area contributed by atoms with Crippen molar-refractivity contribution >= 4 is 143 Å². The number of furan rings is 2. The molecule has 473 valence electrons. The number of rotatable bonds is 9. The van der Waals surface area contributed by atoms with E-state index < -0.39 is 22.3 Å². The van der Waals surface area contributed by atoms with Gasteiger partial charge in [0.1, 0.15) is 30.4 Å². The molecule has 4 aliphatic rings. The summed E-state index contributed by atoms with van der Waals surface area (Å²) in [6.07, 6.45) is 0. The molecule has 0 saturated carbocycles. The molecular weight excluding hydrogens is 1260 g/mol. The normalized spacial score (nSPS) is 14.5. The van der Waals surface area contributed by atoms with Gasteiger partial charge in [0.2, 0.25) is 0 Å². The molecule has 16 aromatic carbocycles. The van der Waals surface area contributed by atoms with Gasteiger partial charge >= 0.3 is 0 Å². The van der Waals surface area contributed by atoms with Crippen LogP contribution < -0.4 is 25.4 Å². The van der Waals surface area contributed by atoms with Crippen LogP contribution in [-0.2, 0) is 29.6 Å². The van der Waals surface area contributed by atoms with E-state index in [1.807, 2.05) is 0 Å². The van der Waals surface area contributed by atoms with Crippen molar-refractivity contribution in [1.29, 1.82) is 0 Å². The van der Waals surface area contributed by atoms with Crippen LogP contribution in [0.5, 0.6) is 0 Å². The molecule has 1 spiro atoms. The summed E-state index contributed by atoms with van der Waals surface area (Å²) in [6, 6.07) is 131. The van der Waals surface area contributed by atoms with E-state index in [-0.39, 0.29) is 0 Å². The Balaban J connectivity index is 0.761. The fourth-order valence-corrected chi connectivity index (χ4v) is 26.4. The van der Waals surface area contributed by atoms with Crippen LogP contribution in [0.15, 0.2) is 342 Å². The zero-order chi connectivity index (χ0) is 66.1. The monoisotopic (exact) mass is 1320 g/mol. The van der Waals surface area contributed by atoms with Gasteiger partial charge in [0.05, 0.1) is 19.9 Å². The molecule has 22 rings (SSSR count). The lowest BCUT2D eigenvalue weighted by molar-refractivity contribution is 0.668. The Morgan fingerprint density at radius 2 is 0.752 bits per heavy atom. The molecule has 18 aromatic rings. The third-order valence-corrected chi connectivity index (χ3v) is 30.8. The topological polar surface area (TPSA) is 32.8 Å². The minimum absolute atomic E-state index is 0.736. The molecule has 0 atom stereocenters. The first-order valence-corrected chi connectivity index (χ1v) is 39.8. The Bertz CT molecular complexity index is 6450. The number of anilines is 6. The maximum absolute atomic E-state index is 6.89. The molecule has 0 amide bonds. The molecular formula is C95H63N2O2Si2. The fourth-order valence-electron chi connectivity index (χ4n) is 18.7. The Kier molecular flexibility index (Phi) is 12.2. The molecule has 2 aromatic heterocycles. The molecule has 0 saturated heterocycles. The Morgan fingerprint density at radius 3 is 1.40 bits per heavy atom. The van der Waals surface area contributed by atoms with Crippen molar-refractivity contribution in [2.45, 2.75) is 29.6 Å². The predicted molar refractivity (Wildman–Crippen MR) is 424 cm³/mol. The lowest BCUT2D eigenvalue weighted by atomic mass is 9.70. The van der Waals surface area contributed by atoms with Crippen LogP contribution in [0.25, 0.3) is 98.4 Å². The fraction of sp³-hybridized carbons (Fsp3) is 0.0526. The summed E-state index contributed by atoms with van der Waals surface area (Å²) < 4.78 is 13.7. The Morgan fingerprint density at radius 1 is 0.287 bits per heavy atom. The van der Waals surface area contributed by atoms with Crippen LogP contribution in [0, 0.1) is 0 Å². The Labute approximate surface area is 587 Å². The van der Waals surface area contributed by atoms with E-state index >= 15 is 0 Å². The number of fused-ring (bicyclic) bond motifs is 22. The van der Waals surface area contributed by atoms with Gasteiger partial charge in [-0.05, 0) is 209 Å². The van der Waals surface area contributed by atoms with Gasteiger partial charge in [-0.2, -0.15) is 0 Å². The lowest BCUT2D eigenvalue weighted by Gasteiger charge is -2.34. The molecule has 0 fully saturated rings. The minimum Gasteiger partial charge on any atom is -0.456 e. The van der Waals surface area contributed by atoms with Crippen molar-refractivity contribution in [3.05, 3.63) is 378 Å². The van der Waals surface area contributed by atoms with Crippen molar-refractivity contribution in [2.75, 3.05) is 9.80 Å². The Hall–Kier alpha value is -12.1. The molecule has 2 aliphatic carbocycles. The van der Waals surface area contributed by atoms with E-state index in [4.69, 9.17) is 8.83 Å². The molecule has 4 nitrogen and oxygen atoms in total. The minimum atomic E-state index is -2.30. The second-order valence-electron chi connectivity index (χ2n) is 28.5. The van der Waals surface area contributed by atoms with Gasteiger partial charge in [-0.1, -0.05) is 258 Å². The van der Waals surface area contributed by atoms with Gasteiger partial charge in [0.15, 0.2) is 0 Å². The number of hydrogen-bond donors (Lipinski definition) is 0. The third-order valence-electron chi connectivity index (χ3n) is 23.3. The van der Waals surface area contributed by atoms with Crippen LogP contribution in [-0.4, -0.2) is 16.9 Å². The van der Waals surface area contributed by atoms with Gasteiger partial charge in [0.25, 0.3) is 0 Å². The van der Waals surface area contributed by atoms with E-state index in [0.717, 1.165) is 96.8 Å². The molecule has 101 heavy (non-hydrogen) atoms. The standard InChI is InChI=1S/C95H63N2O2Si2/c1-2-26-74(27-3-1)101(58-66-24-10-11-25-67(66)59-101)75-42-47-93-84(54-75)82-50-70(39-44-91(82)99-93)96(68-36-34-60-18-4-6-20-62(60)48-68)72-38-43-80-87(52-72)95(85-32-16-14-28-76(85)77-29-15-17-33-86(77)95)88-55-89(78-30-12-13-31-79(78)94(80)88)97(69-37-35-61-19-5-7-21-63(61)49-69)71-40-45-90-81(51-71)83-53-73(41-46-92(83)98-90)100-56-64-22-8-9-23-65(64)57-100/h1-55H,56-59H2. The van der Waals surface area contributed by atoms with E-state index in [9.17, 15) is 0 Å². The van der Waals surface area contributed by atoms with Gasteiger partial charge in [-0.25, -0.2) is 0 Å². The second kappa shape index (κ2) is 21.7. The highest BCUT2D eigenvalue weighted by atomic mass is 28.3. The van der Waals surface area contributed by atoms with Crippen molar-refractivity contribution in [3.63, 3.8) is 0 Å². The first-order valence-electron chi connectivity index (χ1n) is 35.4. The quantitative estimate of drug-likeness (QED) is 0.135. The highest BCUT2D eigenvalue weighted by Crippen LogP contribution is 2.66. The molecule has 0 bridgehead atoms. The van der Waals surface area contributed by atoms with Gasteiger partial charge in [-0.3, -0.25) is 0 Å². The van der Waals surface area contributed by atoms with Crippen molar-refractivity contribution < 1.29 is 8.83 Å². The largest absolute Gasteiger partial charge is 0.456 e. The number of benzene rings is 16. The predicted octanol–water partition coefficient (Wildman–Crippen LogP) is 22.2. The molecule has 0 unspecified atom stereocenters. The summed E-state index contributed by atoms with van der Waals surface area (Å²) in [4.78, 5) is 5.05. The summed E-state index contributed by atoms with van der Waals surface area (Å²) in [6.45, 7) is 0. The van der Waals surface area contributed by atoms with E-state index in [1.165, 1.54) is 120 Å². The number of nitrogens with zero attached hydrogens (tertiary/aromatic N) is 2. The van der Waals surface area contributed by atoms with Crippen molar-refractivity contribution in [3.8, 4) is 22.3 Å². The average molecular weight is 1320 g/mol.